The number of rotatable bonds is 15. The first-order valence-electron chi connectivity index (χ1n) is 19.0. The summed E-state index contributed by atoms with van der Waals surface area (Å²) in [5.41, 5.74) is 2.98. The molecule has 0 aliphatic carbocycles. The Balaban J connectivity index is 1.37. The van der Waals surface area contributed by atoms with Gasteiger partial charge in [-0.2, -0.15) is 5.06 Å². The molecule has 2 aliphatic heterocycles. The summed E-state index contributed by atoms with van der Waals surface area (Å²) in [4.78, 5) is 66.7. The lowest BCUT2D eigenvalue weighted by Gasteiger charge is -2.53. The minimum Gasteiger partial charge on any atom is -0.508 e. The van der Waals surface area contributed by atoms with Crippen molar-refractivity contribution < 1.29 is 44.1 Å². The Hall–Kier alpha value is -6.08. The molecule has 2 saturated heterocycles. The van der Waals surface area contributed by atoms with Crippen LogP contribution in [0, 0.1) is 0 Å². The lowest BCUT2D eigenvalue weighted by Crippen LogP contribution is -2.75. The molecule has 4 N–H and O–H groups in total. The maximum Gasteiger partial charge on any atom is 0.436 e. The largest absolute Gasteiger partial charge is 0.508 e. The summed E-state index contributed by atoms with van der Waals surface area (Å²) in [7, 11) is 0. The molecule has 56 heavy (non-hydrogen) atoms. The van der Waals surface area contributed by atoms with Crippen LogP contribution in [0.1, 0.15) is 48.4 Å². The van der Waals surface area contributed by atoms with Crippen molar-refractivity contribution in [3.63, 3.8) is 0 Å². The third-order valence-electron chi connectivity index (χ3n) is 10.1. The summed E-state index contributed by atoms with van der Waals surface area (Å²) in [6, 6.07) is 26.3. The van der Waals surface area contributed by atoms with E-state index in [2.05, 4.69) is 5.32 Å². The number of hydrogen-bond acceptors (Lipinski definition) is 9. The van der Waals surface area contributed by atoms with Crippen LogP contribution >= 0.6 is 0 Å². The Morgan fingerprint density at radius 3 is 1.96 bits per heavy atom. The fraction of sp³-hybridized carbons (Fsp3) is 0.349. The van der Waals surface area contributed by atoms with Crippen LogP contribution in [-0.4, -0.2) is 98.0 Å². The van der Waals surface area contributed by atoms with Gasteiger partial charge in [-0.3, -0.25) is 19.2 Å². The quantitative estimate of drug-likeness (QED) is 0.124. The van der Waals surface area contributed by atoms with Crippen molar-refractivity contribution in [2.75, 3.05) is 19.7 Å². The lowest BCUT2D eigenvalue weighted by molar-refractivity contribution is -0.267. The maximum atomic E-state index is 15.0. The van der Waals surface area contributed by atoms with Gasteiger partial charge in [0.2, 0.25) is 11.8 Å². The van der Waals surface area contributed by atoms with Crippen LogP contribution in [0.2, 0.25) is 0 Å². The molecule has 0 spiro atoms. The Kier molecular flexibility index (Phi) is 13.1. The molecule has 13 heteroatoms. The molecule has 4 amide bonds. The zero-order valence-corrected chi connectivity index (χ0v) is 31.3. The smallest absolute Gasteiger partial charge is 0.436 e. The average Bonchev–Trinajstić information content (AvgIpc) is 3.20. The number of nitrogens with zero attached hydrogens (tertiary/aromatic N) is 3. The second-order valence-electron chi connectivity index (χ2n) is 14.1. The first-order valence-corrected chi connectivity index (χ1v) is 19.0. The van der Waals surface area contributed by atoms with E-state index in [0.717, 1.165) is 23.5 Å². The molecular formula is C43H48N4O9. The van der Waals surface area contributed by atoms with Crippen LogP contribution in [0.5, 0.6) is 17.2 Å². The number of hydroxylamine groups is 2. The standard InChI is InChI=1S/C43H48N4O9/c1-2-3-7-24-55-43(54)47-39-28-45(36(25-30-10-16-33(48)17-11-30)40(51)44-23-22-29-8-5-4-6-9-29)41(52)37(26-31-12-18-34(49)19-13-31)46(39)42(53)38(56-47)27-32-14-20-35(50)21-15-32/h4-6,8-21,36-39,48-50H,2-3,7,22-28H2,1H3,(H,44,51)/t36-,37-,38+,39?/m0/s1. The van der Waals surface area contributed by atoms with Crippen molar-refractivity contribution in [3.05, 3.63) is 125 Å². The third kappa shape index (κ3) is 9.77. The minimum absolute atomic E-state index is 0.00469. The van der Waals surface area contributed by atoms with Gasteiger partial charge in [0.15, 0.2) is 12.3 Å². The van der Waals surface area contributed by atoms with Gasteiger partial charge in [0.1, 0.15) is 29.3 Å². The highest BCUT2D eigenvalue weighted by Gasteiger charge is 2.55. The van der Waals surface area contributed by atoms with Gasteiger partial charge in [0.05, 0.1) is 13.2 Å². The van der Waals surface area contributed by atoms with Gasteiger partial charge in [0.25, 0.3) is 5.91 Å². The van der Waals surface area contributed by atoms with E-state index in [9.17, 15) is 34.5 Å². The molecule has 0 bridgehead atoms. The van der Waals surface area contributed by atoms with Crippen LogP contribution in [0.3, 0.4) is 0 Å². The van der Waals surface area contributed by atoms with E-state index in [1.54, 1.807) is 36.4 Å². The molecule has 2 aliphatic rings. The number of aromatic hydroxyl groups is 3. The summed E-state index contributed by atoms with van der Waals surface area (Å²) < 4.78 is 5.68. The summed E-state index contributed by atoms with van der Waals surface area (Å²) in [6.45, 7) is 2.17. The van der Waals surface area contributed by atoms with Crippen molar-refractivity contribution in [2.45, 2.75) is 76.2 Å². The predicted molar refractivity (Wildman–Crippen MR) is 206 cm³/mol. The molecule has 0 aromatic heterocycles. The number of amides is 4. The summed E-state index contributed by atoms with van der Waals surface area (Å²) in [5, 5.41) is 33.9. The third-order valence-corrected chi connectivity index (χ3v) is 10.1. The zero-order valence-electron chi connectivity index (χ0n) is 31.3. The Bertz CT molecular complexity index is 1940. The second kappa shape index (κ2) is 18.5. The minimum atomic E-state index is -1.23. The summed E-state index contributed by atoms with van der Waals surface area (Å²) in [5.74, 6) is -1.35. The van der Waals surface area contributed by atoms with Crippen molar-refractivity contribution >= 4 is 23.8 Å². The predicted octanol–water partition coefficient (Wildman–Crippen LogP) is 4.87. The number of hydrogen-bond donors (Lipinski definition) is 4. The van der Waals surface area contributed by atoms with E-state index in [0.29, 0.717) is 36.1 Å². The maximum absolute atomic E-state index is 15.0. The number of fused-ring (bicyclic) bond motifs is 1. The van der Waals surface area contributed by atoms with Gasteiger partial charge >= 0.3 is 6.09 Å². The average molecular weight is 765 g/mol. The van der Waals surface area contributed by atoms with E-state index < -0.39 is 48.2 Å². The van der Waals surface area contributed by atoms with E-state index in [4.69, 9.17) is 9.57 Å². The number of nitrogens with one attached hydrogen (secondary N) is 1. The highest BCUT2D eigenvalue weighted by molar-refractivity contribution is 5.95. The van der Waals surface area contributed by atoms with Crippen LogP contribution < -0.4 is 5.32 Å². The number of ether oxygens (including phenoxy) is 1. The van der Waals surface area contributed by atoms with Crippen molar-refractivity contribution in [1.82, 2.24) is 20.2 Å². The van der Waals surface area contributed by atoms with E-state index in [1.165, 1.54) is 46.2 Å². The zero-order chi connectivity index (χ0) is 39.6. The summed E-state index contributed by atoms with van der Waals surface area (Å²) >= 11 is 0. The van der Waals surface area contributed by atoms with Gasteiger partial charge in [-0.1, -0.05) is 86.5 Å². The van der Waals surface area contributed by atoms with Crippen LogP contribution in [-0.2, 0) is 49.6 Å². The van der Waals surface area contributed by atoms with Gasteiger partial charge in [-0.25, -0.2) is 4.79 Å². The molecule has 2 heterocycles. The van der Waals surface area contributed by atoms with E-state index in [-0.39, 0.29) is 49.7 Å². The molecular weight excluding hydrogens is 716 g/mol. The first kappa shape index (κ1) is 39.6. The highest BCUT2D eigenvalue weighted by atomic mass is 16.7. The molecule has 4 aromatic rings. The van der Waals surface area contributed by atoms with E-state index in [1.807, 2.05) is 37.3 Å². The Labute approximate surface area is 326 Å². The van der Waals surface area contributed by atoms with E-state index >= 15 is 0 Å². The monoisotopic (exact) mass is 764 g/mol. The summed E-state index contributed by atoms with van der Waals surface area (Å²) in [6.07, 6.45) is -0.220. The number of phenols is 3. The molecule has 294 valence electrons. The molecule has 4 aromatic carbocycles. The van der Waals surface area contributed by atoms with Crippen LogP contribution in [0.4, 0.5) is 4.79 Å². The number of carbonyl (C=O) groups excluding carboxylic acids is 4. The number of phenolic OH excluding ortho intramolecular Hbond substituents is 3. The van der Waals surface area contributed by atoms with Crippen molar-refractivity contribution in [2.24, 2.45) is 0 Å². The molecule has 2 fully saturated rings. The topological polar surface area (TPSA) is 169 Å². The van der Waals surface area contributed by atoms with Gasteiger partial charge in [-0.05, 0) is 71.5 Å². The lowest BCUT2D eigenvalue weighted by atomic mass is 9.94. The fourth-order valence-electron chi connectivity index (χ4n) is 7.10. The van der Waals surface area contributed by atoms with Crippen molar-refractivity contribution in [1.29, 1.82) is 0 Å². The molecule has 4 atom stereocenters. The van der Waals surface area contributed by atoms with Gasteiger partial charge in [-0.15, -0.1) is 0 Å². The highest BCUT2D eigenvalue weighted by Crippen LogP contribution is 2.33. The normalized spacial score (nSPS) is 18.7. The Morgan fingerprint density at radius 1 is 0.768 bits per heavy atom. The second-order valence-corrected chi connectivity index (χ2v) is 14.1. The molecule has 0 saturated carbocycles. The molecule has 1 unspecified atom stereocenters. The number of piperazine rings is 1. The van der Waals surface area contributed by atoms with Gasteiger partial charge < -0.3 is 35.2 Å². The fourth-order valence-corrected chi connectivity index (χ4v) is 7.10. The molecule has 13 nitrogen and oxygen atoms in total. The molecule has 6 rings (SSSR count). The van der Waals surface area contributed by atoms with Crippen LogP contribution in [0.15, 0.2) is 103 Å². The number of carbonyl (C=O) groups is 4. The number of benzene rings is 4. The van der Waals surface area contributed by atoms with Crippen LogP contribution in [0.25, 0.3) is 0 Å². The van der Waals surface area contributed by atoms with Gasteiger partial charge in [0, 0.05) is 25.8 Å². The van der Waals surface area contributed by atoms with Crippen molar-refractivity contribution in [3.8, 4) is 17.2 Å². The molecule has 0 radical (unpaired) electrons. The Morgan fingerprint density at radius 2 is 1.36 bits per heavy atom. The number of unbranched alkanes of at least 4 members (excludes halogenated alkanes) is 2. The first-order chi connectivity index (χ1) is 27.1. The SMILES string of the molecule is CCCCCOC(=O)N1O[C@H](Cc2ccc(O)cc2)C(=O)N2C1CN([C@@H](Cc1ccc(O)cc1)C(=O)NCCc1ccccc1)C(=O)[C@@H]2Cc1ccc(O)cc1.